The number of fused-ring (bicyclic) bond motifs is 1. The van der Waals surface area contributed by atoms with Gasteiger partial charge in [-0.2, -0.15) is 0 Å². The molecule has 0 radical (unpaired) electrons. The van der Waals surface area contributed by atoms with Crippen molar-refractivity contribution >= 4 is 22.6 Å². The third-order valence-electron chi connectivity index (χ3n) is 3.25. The predicted molar refractivity (Wildman–Crippen MR) is 77.2 cm³/mol. The standard InChI is InChI=1S/C14H20N4O2/c15-10-7-8-11-12(9-10)17-13(16-11)5-3-1-2-4-6-14(19)18-20/h7-9,20H,1-6,15H2,(H,16,17)(H,18,19). The highest BCUT2D eigenvalue weighted by Crippen LogP contribution is 2.16. The largest absolute Gasteiger partial charge is 0.399 e. The normalized spacial score (nSPS) is 10.8. The molecule has 1 amide bonds. The van der Waals surface area contributed by atoms with E-state index in [1.54, 1.807) is 5.48 Å². The number of carbonyl (C=O) groups is 1. The number of aryl methyl sites for hydroxylation is 1. The Balaban J connectivity index is 1.72. The Morgan fingerprint density at radius 1 is 1.30 bits per heavy atom. The first-order valence-corrected chi connectivity index (χ1v) is 6.86. The van der Waals surface area contributed by atoms with E-state index in [9.17, 15) is 4.79 Å². The number of aromatic nitrogens is 2. The molecule has 0 aliphatic heterocycles. The summed E-state index contributed by atoms with van der Waals surface area (Å²) in [5.74, 6) is 0.651. The number of imidazole rings is 1. The maximum Gasteiger partial charge on any atom is 0.243 e. The van der Waals surface area contributed by atoms with Crippen LogP contribution in [0.5, 0.6) is 0 Å². The third-order valence-corrected chi connectivity index (χ3v) is 3.25. The average molecular weight is 276 g/mol. The Kier molecular flexibility index (Phi) is 4.95. The number of nitrogen functional groups attached to an aromatic ring is 1. The highest BCUT2D eigenvalue weighted by molar-refractivity contribution is 5.78. The zero-order valence-corrected chi connectivity index (χ0v) is 11.4. The number of carbonyl (C=O) groups excluding carboxylic acids is 1. The fourth-order valence-corrected chi connectivity index (χ4v) is 2.18. The summed E-state index contributed by atoms with van der Waals surface area (Å²) in [5.41, 5.74) is 9.99. The minimum absolute atomic E-state index is 0.320. The molecule has 0 bridgehead atoms. The van der Waals surface area contributed by atoms with Crippen molar-refractivity contribution in [2.24, 2.45) is 0 Å². The molecule has 0 unspecified atom stereocenters. The number of nitrogens with one attached hydrogen (secondary N) is 2. The molecule has 0 spiro atoms. The maximum atomic E-state index is 10.8. The molecule has 0 aliphatic carbocycles. The van der Waals surface area contributed by atoms with E-state index in [-0.39, 0.29) is 5.91 Å². The highest BCUT2D eigenvalue weighted by atomic mass is 16.5. The van der Waals surface area contributed by atoms with Gasteiger partial charge in [0, 0.05) is 18.5 Å². The van der Waals surface area contributed by atoms with Gasteiger partial charge in [0.05, 0.1) is 11.0 Å². The van der Waals surface area contributed by atoms with Crippen molar-refractivity contribution in [1.29, 1.82) is 0 Å². The van der Waals surface area contributed by atoms with E-state index in [0.29, 0.717) is 6.42 Å². The first-order chi connectivity index (χ1) is 9.69. The lowest BCUT2D eigenvalue weighted by atomic mass is 10.1. The number of aromatic amines is 1. The van der Waals surface area contributed by atoms with Crippen LogP contribution in [0.15, 0.2) is 18.2 Å². The molecule has 6 nitrogen and oxygen atoms in total. The molecule has 108 valence electrons. The van der Waals surface area contributed by atoms with Gasteiger partial charge >= 0.3 is 0 Å². The highest BCUT2D eigenvalue weighted by Gasteiger charge is 2.03. The molecule has 0 fully saturated rings. The molecular weight excluding hydrogens is 256 g/mol. The molecule has 1 aromatic carbocycles. The number of nitrogens with two attached hydrogens (primary N) is 1. The lowest BCUT2D eigenvalue weighted by Crippen LogP contribution is -2.17. The molecule has 5 N–H and O–H groups in total. The Morgan fingerprint density at radius 2 is 2.10 bits per heavy atom. The molecule has 1 heterocycles. The molecule has 6 heteroatoms. The molecule has 0 aliphatic rings. The van der Waals surface area contributed by atoms with Crippen LogP contribution in [0.3, 0.4) is 0 Å². The van der Waals surface area contributed by atoms with Crippen LogP contribution in [0.25, 0.3) is 11.0 Å². The van der Waals surface area contributed by atoms with Crippen LogP contribution in [0.4, 0.5) is 5.69 Å². The number of benzene rings is 1. The number of H-pyrrole nitrogens is 1. The van der Waals surface area contributed by atoms with E-state index in [2.05, 4.69) is 9.97 Å². The molecule has 2 rings (SSSR count). The summed E-state index contributed by atoms with van der Waals surface area (Å²) >= 11 is 0. The third kappa shape index (κ3) is 3.96. The van der Waals surface area contributed by atoms with Crippen LogP contribution in [-0.4, -0.2) is 21.1 Å². The number of rotatable bonds is 7. The van der Waals surface area contributed by atoms with Crippen molar-refractivity contribution < 1.29 is 10.0 Å². The van der Waals surface area contributed by atoms with Crippen molar-refractivity contribution in [2.75, 3.05) is 5.73 Å². The van der Waals surface area contributed by atoms with E-state index < -0.39 is 0 Å². The van der Waals surface area contributed by atoms with Gasteiger partial charge in [-0.25, -0.2) is 10.5 Å². The van der Waals surface area contributed by atoms with Crippen molar-refractivity contribution in [3.8, 4) is 0 Å². The Morgan fingerprint density at radius 3 is 2.90 bits per heavy atom. The van der Waals surface area contributed by atoms with Crippen LogP contribution in [0.2, 0.25) is 0 Å². The van der Waals surface area contributed by atoms with Crippen molar-refractivity contribution in [3.63, 3.8) is 0 Å². The van der Waals surface area contributed by atoms with Gasteiger partial charge in [0.2, 0.25) is 5.91 Å². The summed E-state index contributed by atoms with van der Waals surface area (Å²) in [4.78, 5) is 18.6. The van der Waals surface area contributed by atoms with Crippen LogP contribution in [0.1, 0.15) is 37.9 Å². The number of unbranched alkanes of at least 4 members (excludes halogenated alkanes) is 3. The Labute approximate surface area is 117 Å². The Bertz CT molecular complexity index is 580. The summed E-state index contributed by atoms with van der Waals surface area (Å²) in [5, 5.41) is 8.35. The topological polar surface area (TPSA) is 104 Å². The molecule has 0 saturated carbocycles. The van der Waals surface area contributed by atoms with Crippen molar-refractivity contribution in [1.82, 2.24) is 15.4 Å². The number of hydrogen-bond donors (Lipinski definition) is 4. The van der Waals surface area contributed by atoms with E-state index in [0.717, 1.165) is 54.6 Å². The zero-order valence-electron chi connectivity index (χ0n) is 11.4. The maximum absolute atomic E-state index is 10.8. The van der Waals surface area contributed by atoms with Gasteiger partial charge in [0.15, 0.2) is 0 Å². The molecular formula is C14H20N4O2. The number of anilines is 1. The Hall–Kier alpha value is -2.08. The summed E-state index contributed by atoms with van der Waals surface area (Å²) < 4.78 is 0. The van der Waals surface area contributed by atoms with Crippen LogP contribution in [0, 0.1) is 0 Å². The van der Waals surface area contributed by atoms with Gasteiger partial charge in [-0.1, -0.05) is 12.8 Å². The first kappa shape index (κ1) is 14.3. The lowest BCUT2D eigenvalue weighted by Gasteiger charge is -1.99. The summed E-state index contributed by atoms with van der Waals surface area (Å²) in [6, 6.07) is 5.66. The predicted octanol–water partition coefficient (Wildman–Crippen LogP) is 2.14. The molecule has 1 aromatic heterocycles. The van der Waals surface area contributed by atoms with E-state index >= 15 is 0 Å². The summed E-state index contributed by atoms with van der Waals surface area (Å²) in [6.45, 7) is 0. The SMILES string of the molecule is Nc1ccc2[nH]c(CCCCCCC(=O)NO)nc2c1. The monoisotopic (exact) mass is 276 g/mol. The number of nitrogens with zero attached hydrogens (tertiary/aromatic N) is 1. The second-order valence-corrected chi connectivity index (χ2v) is 4.91. The first-order valence-electron chi connectivity index (χ1n) is 6.86. The number of hydrogen-bond acceptors (Lipinski definition) is 4. The summed E-state index contributed by atoms with van der Waals surface area (Å²) in [6.07, 6.45) is 5.10. The van der Waals surface area contributed by atoms with Gasteiger partial charge in [-0.15, -0.1) is 0 Å². The second kappa shape index (κ2) is 6.91. The van der Waals surface area contributed by atoms with E-state index in [1.165, 1.54) is 0 Å². The molecule has 20 heavy (non-hydrogen) atoms. The quantitative estimate of drug-likeness (QED) is 0.269. The molecule has 0 saturated heterocycles. The minimum Gasteiger partial charge on any atom is -0.399 e. The van der Waals surface area contributed by atoms with Gasteiger partial charge in [0.1, 0.15) is 5.82 Å². The van der Waals surface area contributed by atoms with Crippen molar-refractivity contribution in [2.45, 2.75) is 38.5 Å². The lowest BCUT2D eigenvalue weighted by molar-refractivity contribution is -0.129. The molecule has 0 atom stereocenters. The van der Waals surface area contributed by atoms with Gasteiger partial charge < -0.3 is 10.7 Å². The smallest absolute Gasteiger partial charge is 0.243 e. The minimum atomic E-state index is -0.320. The van der Waals surface area contributed by atoms with Crippen LogP contribution < -0.4 is 11.2 Å². The fraction of sp³-hybridized carbons (Fsp3) is 0.429. The molecule has 2 aromatic rings. The fourth-order valence-electron chi connectivity index (χ4n) is 2.18. The van der Waals surface area contributed by atoms with Gasteiger partial charge in [-0.05, 0) is 31.0 Å². The van der Waals surface area contributed by atoms with Crippen LogP contribution >= 0.6 is 0 Å². The van der Waals surface area contributed by atoms with E-state index in [4.69, 9.17) is 10.9 Å². The van der Waals surface area contributed by atoms with Crippen LogP contribution in [-0.2, 0) is 11.2 Å². The second-order valence-electron chi connectivity index (χ2n) is 4.91. The average Bonchev–Trinajstić information content (AvgIpc) is 2.84. The van der Waals surface area contributed by atoms with Gasteiger partial charge in [0.25, 0.3) is 0 Å². The van der Waals surface area contributed by atoms with E-state index in [1.807, 2.05) is 18.2 Å². The zero-order chi connectivity index (χ0) is 14.4. The number of hydroxylamine groups is 1. The van der Waals surface area contributed by atoms with Gasteiger partial charge in [-0.3, -0.25) is 10.0 Å². The van der Waals surface area contributed by atoms with Crippen molar-refractivity contribution in [3.05, 3.63) is 24.0 Å². The summed E-state index contributed by atoms with van der Waals surface area (Å²) in [7, 11) is 0. The number of amides is 1.